The van der Waals surface area contributed by atoms with Crippen LogP contribution in [0.15, 0.2) is 33.5 Å². The number of benzene rings is 1. The van der Waals surface area contributed by atoms with E-state index in [2.05, 4.69) is 26.1 Å². The molecule has 1 aromatic heterocycles. The predicted octanol–water partition coefficient (Wildman–Crippen LogP) is 2.81. The van der Waals surface area contributed by atoms with Gasteiger partial charge in [-0.15, -0.1) is 10.2 Å². The fraction of sp³-hybridized carbons (Fsp3) is 0.111. The minimum Gasteiger partial charge on any atom is -0.423 e. The van der Waals surface area contributed by atoms with E-state index in [1.165, 1.54) is 6.39 Å². The summed E-state index contributed by atoms with van der Waals surface area (Å²) in [4.78, 5) is 0. The molecule has 0 unspecified atom stereocenters. The molecule has 1 aromatic carbocycles. The van der Waals surface area contributed by atoms with Crippen molar-refractivity contribution in [3.05, 3.63) is 34.6 Å². The summed E-state index contributed by atoms with van der Waals surface area (Å²) >= 11 is 3.44. The van der Waals surface area contributed by atoms with Crippen LogP contribution in [0.25, 0.3) is 11.5 Å². The second kappa shape index (κ2) is 3.30. The lowest BCUT2D eigenvalue weighted by molar-refractivity contribution is 0.568. The van der Waals surface area contributed by atoms with Crippen molar-refractivity contribution in [3.8, 4) is 11.5 Å². The van der Waals surface area contributed by atoms with Gasteiger partial charge in [-0.2, -0.15) is 0 Å². The minimum atomic E-state index is 0.546. The first-order valence-corrected chi connectivity index (χ1v) is 4.60. The molecule has 0 aliphatic rings. The van der Waals surface area contributed by atoms with Gasteiger partial charge < -0.3 is 4.42 Å². The molecule has 0 saturated heterocycles. The summed E-state index contributed by atoms with van der Waals surface area (Å²) in [5.74, 6) is 0.546. The highest BCUT2D eigenvalue weighted by Crippen LogP contribution is 2.29. The molecular formula is C9H7BrN2O. The highest BCUT2D eigenvalue weighted by Gasteiger charge is 2.10. The zero-order valence-electron chi connectivity index (χ0n) is 6.99. The van der Waals surface area contributed by atoms with Crippen LogP contribution in [0.5, 0.6) is 0 Å². The average molecular weight is 239 g/mol. The smallest absolute Gasteiger partial charge is 0.248 e. The molecular weight excluding hydrogens is 232 g/mol. The van der Waals surface area contributed by atoms with Crippen molar-refractivity contribution in [3.63, 3.8) is 0 Å². The lowest BCUT2D eigenvalue weighted by atomic mass is 10.1. The molecule has 0 amide bonds. The van der Waals surface area contributed by atoms with Crippen LogP contribution < -0.4 is 0 Å². The van der Waals surface area contributed by atoms with E-state index in [4.69, 9.17) is 4.42 Å². The Labute approximate surface area is 83.9 Å². The summed E-state index contributed by atoms with van der Waals surface area (Å²) in [6.45, 7) is 2.00. The maximum atomic E-state index is 5.13. The highest BCUT2D eigenvalue weighted by molar-refractivity contribution is 9.10. The number of rotatable bonds is 1. The number of aryl methyl sites for hydroxylation is 1. The summed E-state index contributed by atoms with van der Waals surface area (Å²) in [7, 11) is 0. The number of halogens is 1. The van der Waals surface area contributed by atoms with Crippen LogP contribution in [-0.4, -0.2) is 10.2 Å². The van der Waals surface area contributed by atoms with E-state index in [1.807, 2.05) is 25.1 Å². The molecule has 0 N–H and O–H groups in total. The molecule has 2 aromatic rings. The van der Waals surface area contributed by atoms with Crippen molar-refractivity contribution >= 4 is 15.9 Å². The standard InChI is InChI=1S/C9H7BrN2O/c1-6-3-2-4-7(10)8(6)9-12-11-5-13-9/h2-5H,1H3. The molecule has 0 aliphatic carbocycles. The molecule has 0 fully saturated rings. The van der Waals surface area contributed by atoms with Gasteiger partial charge in [0.2, 0.25) is 12.3 Å². The number of aromatic nitrogens is 2. The Bertz CT molecular complexity index is 391. The molecule has 0 bridgehead atoms. The minimum absolute atomic E-state index is 0.546. The SMILES string of the molecule is Cc1cccc(Br)c1-c1nnco1. The van der Waals surface area contributed by atoms with E-state index < -0.39 is 0 Å². The van der Waals surface area contributed by atoms with Crippen LogP contribution in [-0.2, 0) is 0 Å². The average Bonchev–Trinajstić information content (AvgIpc) is 2.57. The van der Waals surface area contributed by atoms with E-state index in [0.717, 1.165) is 15.6 Å². The van der Waals surface area contributed by atoms with Crippen molar-refractivity contribution in [2.24, 2.45) is 0 Å². The van der Waals surface area contributed by atoms with Crippen LogP contribution in [0.2, 0.25) is 0 Å². The third-order valence-electron chi connectivity index (χ3n) is 1.80. The van der Waals surface area contributed by atoms with Crippen molar-refractivity contribution in [1.82, 2.24) is 10.2 Å². The normalized spacial score (nSPS) is 10.3. The first kappa shape index (κ1) is 8.44. The first-order valence-electron chi connectivity index (χ1n) is 3.80. The molecule has 13 heavy (non-hydrogen) atoms. The third-order valence-corrected chi connectivity index (χ3v) is 2.46. The Kier molecular flexibility index (Phi) is 2.14. The maximum absolute atomic E-state index is 5.13. The topological polar surface area (TPSA) is 38.9 Å². The Hall–Kier alpha value is -1.16. The number of hydrogen-bond donors (Lipinski definition) is 0. The van der Waals surface area contributed by atoms with E-state index in [9.17, 15) is 0 Å². The van der Waals surface area contributed by atoms with Gasteiger partial charge in [0.05, 0.1) is 5.56 Å². The largest absolute Gasteiger partial charge is 0.423 e. The lowest BCUT2D eigenvalue weighted by Crippen LogP contribution is -1.84. The van der Waals surface area contributed by atoms with E-state index >= 15 is 0 Å². The quantitative estimate of drug-likeness (QED) is 0.767. The van der Waals surface area contributed by atoms with Gasteiger partial charge in [-0.05, 0) is 34.5 Å². The molecule has 0 atom stereocenters. The molecule has 0 saturated carbocycles. The fourth-order valence-electron chi connectivity index (χ4n) is 1.18. The Morgan fingerprint density at radius 2 is 2.23 bits per heavy atom. The number of hydrogen-bond acceptors (Lipinski definition) is 3. The maximum Gasteiger partial charge on any atom is 0.248 e. The molecule has 66 valence electrons. The highest BCUT2D eigenvalue weighted by atomic mass is 79.9. The number of nitrogens with zero attached hydrogens (tertiary/aromatic N) is 2. The lowest BCUT2D eigenvalue weighted by Gasteiger charge is -2.02. The van der Waals surface area contributed by atoms with Gasteiger partial charge in [0.15, 0.2) is 0 Å². The van der Waals surface area contributed by atoms with Gasteiger partial charge >= 0.3 is 0 Å². The van der Waals surface area contributed by atoms with Gasteiger partial charge in [-0.3, -0.25) is 0 Å². The van der Waals surface area contributed by atoms with Crippen LogP contribution in [0.4, 0.5) is 0 Å². The molecule has 3 nitrogen and oxygen atoms in total. The zero-order valence-corrected chi connectivity index (χ0v) is 8.58. The predicted molar refractivity (Wildman–Crippen MR) is 52.2 cm³/mol. The summed E-state index contributed by atoms with van der Waals surface area (Å²) in [6, 6.07) is 5.93. The van der Waals surface area contributed by atoms with E-state index in [-0.39, 0.29) is 0 Å². The summed E-state index contributed by atoms with van der Waals surface area (Å²) < 4.78 is 6.10. The monoisotopic (exact) mass is 238 g/mol. The van der Waals surface area contributed by atoms with Crippen molar-refractivity contribution in [2.45, 2.75) is 6.92 Å². The second-order valence-corrected chi connectivity index (χ2v) is 3.53. The molecule has 1 heterocycles. The van der Waals surface area contributed by atoms with Gasteiger partial charge in [-0.25, -0.2) is 0 Å². The molecule has 0 aliphatic heterocycles. The summed E-state index contributed by atoms with van der Waals surface area (Å²) in [6.07, 6.45) is 1.33. The van der Waals surface area contributed by atoms with Gasteiger partial charge in [0.1, 0.15) is 0 Å². The Morgan fingerprint density at radius 3 is 2.85 bits per heavy atom. The summed E-state index contributed by atoms with van der Waals surface area (Å²) in [5.41, 5.74) is 2.07. The third kappa shape index (κ3) is 1.49. The van der Waals surface area contributed by atoms with Crippen molar-refractivity contribution in [2.75, 3.05) is 0 Å². The van der Waals surface area contributed by atoms with Gasteiger partial charge in [-0.1, -0.05) is 12.1 Å². The van der Waals surface area contributed by atoms with Crippen LogP contribution >= 0.6 is 15.9 Å². The summed E-state index contributed by atoms with van der Waals surface area (Å²) in [5, 5.41) is 7.50. The Balaban J connectivity index is 2.64. The van der Waals surface area contributed by atoms with Crippen LogP contribution in [0.1, 0.15) is 5.56 Å². The van der Waals surface area contributed by atoms with Gasteiger partial charge in [0.25, 0.3) is 0 Å². The fourth-order valence-corrected chi connectivity index (χ4v) is 1.82. The van der Waals surface area contributed by atoms with E-state index in [1.54, 1.807) is 0 Å². The van der Waals surface area contributed by atoms with Crippen molar-refractivity contribution < 1.29 is 4.42 Å². The van der Waals surface area contributed by atoms with Crippen molar-refractivity contribution in [1.29, 1.82) is 0 Å². The zero-order chi connectivity index (χ0) is 9.26. The van der Waals surface area contributed by atoms with Gasteiger partial charge in [0, 0.05) is 4.47 Å². The van der Waals surface area contributed by atoms with Crippen LogP contribution in [0, 0.1) is 6.92 Å². The second-order valence-electron chi connectivity index (χ2n) is 2.68. The molecule has 0 radical (unpaired) electrons. The molecule has 4 heteroatoms. The van der Waals surface area contributed by atoms with Crippen LogP contribution in [0.3, 0.4) is 0 Å². The Morgan fingerprint density at radius 1 is 1.38 bits per heavy atom. The molecule has 0 spiro atoms. The first-order chi connectivity index (χ1) is 6.29. The van der Waals surface area contributed by atoms with E-state index in [0.29, 0.717) is 5.89 Å². The molecule has 2 rings (SSSR count).